The summed E-state index contributed by atoms with van der Waals surface area (Å²) in [7, 11) is 1.59. The molecule has 0 saturated heterocycles. The molecule has 1 aromatic rings. The van der Waals surface area contributed by atoms with Crippen LogP contribution >= 0.6 is 11.8 Å². The SMILES string of the molecule is COCCNCCn1nnnc1SCC(O)C(F)(F)F. The van der Waals surface area contributed by atoms with E-state index in [1.54, 1.807) is 7.11 Å². The predicted octanol–water partition coefficient (Wildman–Crippen LogP) is -0.0756. The van der Waals surface area contributed by atoms with Gasteiger partial charge in [-0.2, -0.15) is 13.2 Å². The Balaban J connectivity index is 2.35. The molecule has 0 bridgehead atoms. The number of rotatable bonds is 9. The Bertz CT molecular complexity index is 390. The number of nitrogens with one attached hydrogen (secondary N) is 1. The van der Waals surface area contributed by atoms with Crippen molar-refractivity contribution in [1.82, 2.24) is 25.5 Å². The lowest BCUT2D eigenvalue weighted by Gasteiger charge is -2.13. The number of hydrogen-bond donors (Lipinski definition) is 2. The predicted molar refractivity (Wildman–Crippen MR) is 65.3 cm³/mol. The van der Waals surface area contributed by atoms with Gasteiger partial charge in [0.25, 0.3) is 0 Å². The van der Waals surface area contributed by atoms with Gasteiger partial charge in [-0.3, -0.25) is 0 Å². The van der Waals surface area contributed by atoms with Crippen LogP contribution in [0.25, 0.3) is 0 Å². The number of aliphatic hydroxyl groups excluding tert-OH is 1. The minimum absolute atomic E-state index is 0.238. The largest absolute Gasteiger partial charge is 0.415 e. The van der Waals surface area contributed by atoms with Gasteiger partial charge in [0.1, 0.15) is 0 Å². The molecule has 0 fully saturated rings. The summed E-state index contributed by atoms with van der Waals surface area (Å²) in [5.41, 5.74) is 0. The molecule has 1 aromatic heterocycles. The second-order valence-electron chi connectivity index (χ2n) is 3.80. The molecule has 1 heterocycles. The van der Waals surface area contributed by atoms with Crippen LogP contribution in [0.5, 0.6) is 0 Å². The van der Waals surface area contributed by atoms with Gasteiger partial charge >= 0.3 is 6.18 Å². The zero-order valence-corrected chi connectivity index (χ0v) is 11.6. The van der Waals surface area contributed by atoms with Crippen LogP contribution in [0, 0.1) is 0 Å². The summed E-state index contributed by atoms with van der Waals surface area (Å²) in [4.78, 5) is 0. The van der Waals surface area contributed by atoms with Crippen LogP contribution in [0.2, 0.25) is 0 Å². The number of hydrogen-bond acceptors (Lipinski definition) is 7. The lowest BCUT2D eigenvalue weighted by molar-refractivity contribution is -0.195. The third kappa shape index (κ3) is 6.03. The number of tetrazole rings is 1. The number of halogens is 3. The van der Waals surface area contributed by atoms with Crippen LogP contribution in [0.15, 0.2) is 5.16 Å². The molecule has 0 amide bonds. The standard InChI is InChI=1S/C9H16F3N5O2S/c1-19-5-3-13-2-4-17-8(14-15-16-17)20-6-7(18)9(10,11)12/h7,13,18H,2-6H2,1H3. The number of thioether (sulfide) groups is 1. The van der Waals surface area contributed by atoms with E-state index in [0.717, 1.165) is 11.8 Å². The summed E-state index contributed by atoms with van der Waals surface area (Å²) in [6.07, 6.45) is -7.02. The van der Waals surface area contributed by atoms with Gasteiger partial charge in [0.2, 0.25) is 5.16 Å². The molecule has 20 heavy (non-hydrogen) atoms. The molecule has 7 nitrogen and oxygen atoms in total. The van der Waals surface area contributed by atoms with Crippen molar-refractivity contribution in [3.05, 3.63) is 0 Å². The third-order valence-electron chi connectivity index (χ3n) is 2.23. The minimum Gasteiger partial charge on any atom is -0.383 e. The number of aromatic nitrogens is 4. The maximum absolute atomic E-state index is 12.2. The van der Waals surface area contributed by atoms with E-state index in [4.69, 9.17) is 9.84 Å². The highest BCUT2D eigenvalue weighted by Crippen LogP contribution is 2.25. The molecular formula is C9H16F3N5O2S. The van der Waals surface area contributed by atoms with Gasteiger partial charge in [0.15, 0.2) is 6.10 Å². The molecule has 0 aliphatic heterocycles. The van der Waals surface area contributed by atoms with Crippen molar-refractivity contribution in [2.75, 3.05) is 32.6 Å². The van der Waals surface area contributed by atoms with E-state index in [1.807, 2.05) is 0 Å². The highest BCUT2D eigenvalue weighted by Gasteiger charge is 2.38. The molecule has 0 saturated carbocycles. The molecular weight excluding hydrogens is 299 g/mol. The molecule has 1 unspecified atom stereocenters. The zero-order chi connectivity index (χ0) is 15.0. The van der Waals surface area contributed by atoms with Crippen LogP contribution in [0.3, 0.4) is 0 Å². The van der Waals surface area contributed by atoms with E-state index in [2.05, 4.69) is 20.8 Å². The second-order valence-corrected chi connectivity index (χ2v) is 4.78. The van der Waals surface area contributed by atoms with Crippen LogP contribution < -0.4 is 5.32 Å². The summed E-state index contributed by atoms with van der Waals surface area (Å²) in [5.74, 6) is -0.541. The number of methoxy groups -OCH3 is 1. The maximum Gasteiger partial charge on any atom is 0.415 e. The Morgan fingerprint density at radius 2 is 2.20 bits per heavy atom. The Morgan fingerprint density at radius 3 is 2.85 bits per heavy atom. The average molecular weight is 315 g/mol. The van der Waals surface area contributed by atoms with Crippen LogP contribution in [-0.2, 0) is 11.3 Å². The van der Waals surface area contributed by atoms with Crippen LogP contribution in [0.1, 0.15) is 0 Å². The molecule has 1 rings (SSSR count). The van der Waals surface area contributed by atoms with Gasteiger partial charge in [0, 0.05) is 26.0 Å². The Kier molecular flexibility index (Phi) is 7.19. The first-order chi connectivity index (χ1) is 9.45. The van der Waals surface area contributed by atoms with Crippen molar-refractivity contribution in [2.24, 2.45) is 0 Å². The lowest BCUT2D eigenvalue weighted by Crippen LogP contribution is -2.30. The molecule has 0 aliphatic carbocycles. The third-order valence-corrected chi connectivity index (χ3v) is 3.26. The van der Waals surface area contributed by atoms with Crippen molar-refractivity contribution in [3.63, 3.8) is 0 Å². The van der Waals surface area contributed by atoms with Crippen molar-refractivity contribution < 1.29 is 23.0 Å². The first-order valence-electron chi connectivity index (χ1n) is 5.78. The molecule has 0 aromatic carbocycles. The number of nitrogens with zero attached hydrogens (tertiary/aromatic N) is 4. The summed E-state index contributed by atoms with van der Waals surface area (Å²) >= 11 is 0.761. The molecule has 11 heteroatoms. The number of aliphatic hydroxyl groups is 1. The van der Waals surface area contributed by atoms with Gasteiger partial charge < -0.3 is 15.2 Å². The number of alkyl halides is 3. The highest BCUT2D eigenvalue weighted by atomic mass is 32.2. The molecule has 116 valence electrons. The zero-order valence-electron chi connectivity index (χ0n) is 10.8. The Morgan fingerprint density at radius 1 is 1.45 bits per heavy atom. The Hall–Kier alpha value is -0.910. The quantitative estimate of drug-likeness (QED) is 0.487. The fraction of sp³-hybridized carbons (Fsp3) is 0.889. The fourth-order valence-corrected chi connectivity index (χ4v) is 2.04. The topological polar surface area (TPSA) is 85.1 Å². The normalized spacial score (nSPS) is 13.7. The highest BCUT2D eigenvalue weighted by molar-refractivity contribution is 7.99. The van der Waals surface area contributed by atoms with Crippen molar-refractivity contribution in [3.8, 4) is 0 Å². The molecule has 0 spiro atoms. The summed E-state index contributed by atoms with van der Waals surface area (Å²) < 4.78 is 42.7. The van der Waals surface area contributed by atoms with Crippen molar-refractivity contribution in [2.45, 2.75) is 24.0 Å². The lowest BCUT2D eigenvalue weighted by atomic mass is 10.4. The van der Waals surface area contributed by atoms with Crippen LogP contribution in [-0.4, -0.2) is 70.2 Å². The summed E-state index contributed by atoms with van der Waals surface area (Å²) in [5, 5.41) is 22.9. The van der Waals surface area contributed by atoms with Crippen LogP contribution in [0.4, 0.5) is 13.2 Å². The Labute approximate surface area is 117 Å². The summed E-state index contributed by atoms with van der Waals surface area (Å²) in [6, 6.07) is 0. The molecule has 0 radical (unpaired) electrons. The number of ether oxygens (including phenoxy) is 1. The van der Waals surface area contributed by atoms with E-state index < -0.39 is 18.0 Å². The first-order valence-corrected chi connectivity index (χ1v) is 6.77. The van der Waals surface area contributed by atoms with Gasteiger partial charge in [-0.25, -0.2) is 4.68 Å². The van der Waals surface area contributed by atoms with Gasteiger partial charge in [-0.05, 0) is 10.4 Å². The van der Waals surface area contributed by atoms with Gasteiger partial charge in [-0.15, -0.1) is 5.10 Å². The smallest absolute Gasteiger partial charge is 0.383 e. The van der Waals surface area contributed by atoms with Crippen molar-refractivity contribution in [1.29, 1.82) is 0 Å². The minimum atomic E-state index is -4.63. The van der Waals surface area contributed by atoms with Gasteiger partial charge in [0.05, 0.1) is 13.2 Å². The molecule has 2 N–H and O–H groups in total. The monoisotopic (exact) mass is 315 g/mol. The average Bonchev–Trinajstić information content (AvgIpc) is 2.82. The van der Waals surface area contributed by atoms with Gasteiger partial charge in [-0.1, -0.05) is 11.8 Å². The summed E-state index contributed by atoms with van der Waals surface area (Å²) in [6.45, 7) is 2.20. The molecule has 0 aliphatic rings. The van der Waals surface area contributed by atoms with E-state index >= 15 is 0 Å². The fourth-order valence-electron chi connectivity index (χ4n) is 1.17. The molecule has 1 atom stereocenters. The van der Waals surface area contributed by atoms with E-state index in [1.165, 1.54) is 4.68 Å². The second kappa shape index (κ2) is 8.39. The van der Waals surface area contributed by atoms with Crippen molar-refractivity contribution >= 4 is 11.8 Å². The maximum atomic E-state index is 12.2. The first kappa shape index (κ1) is 17.1. The van der Waals surface area contributed by atoms with E-state index in [0.29, 0.717) is 26.2 Å². The van der Waals surface area contributed by atoms with E-state index in [-0.39, 0.29) is 5.16 Å². The van der Waals surface area contributed by atoms with E-state index in [9.17, 15) is 13.2 Å².